The third-order valence-electron chi connectivity index (χ3n) is 1.72. The third-order valence-corrected chi connectivity index (χ3v) is 1.72. The van der Waals surface area contributed by atoms with Crippen LogP contribution in [0.25, 0.3) is 0 Å². The molecular formula is C10H16N4O4. The van der Waals surface area contributed by atoms with Crippen LogP contribution < -0.4 is 27.3 Å². The number of para-hydroxylation sites is 1. The Balaban J connectivity index is 0.000000411. The van der Waals surface area contributed by atoms with Crippen molar-refractivity contribution in [2.45, 2.75) is 6.92 Å². The number of rotatable bonds is 3. The summed E-state index contributed by atoms with van der Waals surface area (Å²) in [5, 5.41) is 9.36. The highest BCUT2D eigenvalue weighted by atomic mass is 16.5. The SMILES string of the molecule is CCOc1cccc(C=O)c1O.NNC(=O)NN. The quantitative estimate of drug-likeness (QED) is 0.216. The van der Waals surface area contributed by atoms with Gasteiger partial charge >= 0.3 is 6.03 Å². The number of aromatic hydroxyl groups is 1. The monoisotopic (exact) mass is 256 g/mol. The van der Waals surface area contributed by atoms with Crippen molar-refractivity contribution in [3.05, 3.63) is 23.8 Å². The molecule has 100 valence electrons. The van der Waals surface area contributed by atoms with E-state index in [1.54, 1.807) is 23.0 Å². The fraction of sp³-hybridized carbons (Fsp3) is 0.200. The van der Waals surface area contributed by atoms with E-state index in [0.717, 1.165) is 0 Å². The summed E-state index contributed by atoms with van der Waals surface area (Å²) in [6.45, 7) is 2.28. The Kier molecular flexibility index (Phi) is 7.66. The maximum atomic E-state index is 10.4. The number of phenols is 1. The van der Waals surface area contributed by atoms with Gasteiger partial charge in [-0.2, -0.15) is 0 Å². The lowest BCUT2D eigenvalue weighted by Crippen LogP contribution is -2.43. The number of aldehydes is 1. The number of carbonyl (C=O) groups is 2. The number of ether oxygens (including phenoxy) is 1. The molecule has 18 heavy (non-hydrogen) atoms. The highest BCUT2D eigenvalue weighted by Crippen LogP contribution is 2.28. The Morgan fingerprint density at radius 3 is 2.44 bits per heavy atom. The van der Waals surface area contributed by atoms with Crippen LogP contribution in [0.4, 0.5) is 4.79 Å². The van der Waals surface area contributed by atoms with Crippen LogP contribution in [0.2, 0.25) is 0 Å². The number of hydrogen-bond donors (Lipinski definition) is 5. The lowest BCUT2D eigenvalue weighted by atomic mass is 10.2. The molecule has 0 atom stereocenters. The number of amides is 2. The third kappa shape index (κ3) is 5.14. The zero-order chi connectivity index (χ0) is 14.0. The molecule has 8 nitrogen and oxygen atoms in total. The Hall–Kier alpha value is -2.32. The van der Waals surface area contributed by atoms with Crippen molar-refractivity contribution >= 4 is 12.3 Å². The lowest BCUT2D eigenvalue weighted by molar-refractivity contribution is 0.112. The van der Waals surface area contributed by atoms with Crippen LogP contribution in [-0.2, 0) is 0 Å². The average molecular weight is 256 g/mol. The first-order valence-electron chi connectivity index (χ1n) is 4.97. The van der Waals surface area contributed by atoms with Gasteiger partial charge in [0.25, 0.3) is 0 Å². The molecule has 0 unspecified atom stereocenters. The van der Waals surface area contributed by atoms with Crippen LogP contribution in [0.5, 0.6) is 11.5 Å². The fourth-order valence-corrected chi connectivity index (χ4v) is 0.948. The van der Waals surface area contributed by atoms with E-state index in [9.17, 15) is 14.7 Å². The smallest absolute Gasteiger partial charge is 0.343 e. The Labute approximate surface area is 104 Å². The Morgan fingerprint density at radius 1 is 1.44 bits per heavy atom. The predicted molar refractivity (Wildman–Crippen MR) is 64.7 cm³/mol. The van der Waals surface area contributed by atoms with Crippen molar-refractivity contribution < 1.29 is 19.4 Å². The second-order valence-corrected chi connectivity index (χ2v) is 2.86. The van der Waals surface area contributed by atoms with Crippen LogP contribution in [0, 0.1) is 0 Å². The topological polar surface area (TPSA) is 140 Å². The zero-order valence-electron chi connectivity index (χ0n) is 9.84. The maximum Gasteiger partial charge on any atom is 0.343 e. The van der Waals surface area contributed by atoms with Crippen molar-refractivity contribution in [1.29, 1.82) is 0 Å². The molecule has 2 amide bonds. The number of phenolic OH excluding ortho intramolecular Hbond substituents is 1. The van der Waals surface area contributed by atoms with Crippen LogP contribution in [0.15, 0.2) is 18.2 Å². The van der Waals surface area contributed by atoms with Crippen LogP contribution in [0.3, 0.4) is 0 Å². The Bertz CT molecular complexity index is 391. The zero-order valence-corrected chi connectivity index (χ0v) is 9.84. The van der Waals surface area contributed by atoms with Crippen LogP contribution in [0.1, 0.15) is 17.3 Å². The van der Waals surface area contributed by atoms with Crippen molar-refractivity contribution in [3.63, 3.8) is 0 Å². The van der Waals surface area contributed by atoms with Gasteiger partial charge in [-0.15, -0.1) is 0 Å². The highest BCUT2D eigenvalue weighted by Gasteiger charge is 2.05. The first-order valence-corrected chi connectivity index (χ1v) is 4.97. The van der Waals surface area contributed by atoms with Gasteiger partial charge in [0.1, 0.15) is 0 Å². The summed E-state index contributed by atoms with van der Waals surface area (Å²) in [5.74, 6) is 9.34. The van der Waals surface area contributed by atoms with Crippen molar-refractivity contribution in [3.8, 4) is 11.5 Å². The second-order valence-electron chi connectivity index (χ2n) is 2.86. The summed E-state index contributed by atoms with van der Waals surface area (Å²) in [6.07, 6.45) is 0.595. The van der Waals surface area contributed by atoms with E-state index in [0.29, 0.717) is 18.6 Å². The molecule has 0 heterocycles. The molecule has 0 spiro atoms. The van der Waals surface area contributed by atoms with Gasteiger partial charge in [-0.1, -0.05) is 6.07 Å². The molecule has 7 N–H and O–H groups in total. The van der Waals surface area contributed by atoms with E-state index in [-0.39, 0.29) is 11.3 Å². The largest absolute Gasteiger partial charge is 0.504 e. The van der Waals surface area contributed by atoms with E-state index in [1.165, 1.54) is 6.07 Å². The first kappa shape index (κ1) is 15.7. The molecule has 1 aromatic carbocycles. The van der Waals surface area contributed by atoms with E-state index in [4.69, 9.17) is 4.74 Å². The van der Waals surface area contributed by atoms with E-state index >= 15 is 0 Å². The second kappa shape index (κ2) is 8.79. The molecule has 0 saturated carbocycles. The predicted octanol–water partition coefficient (Wildman–Crippen LogP) is -0.364. The highest BCUT2D eigenvalue weighted by molar-refractivity contribution is 5.80. The van der Waals surface area contributed by atoms with Gasteiger partial charge in [0.15, 0.2) is 17.8 Å². The van der Waals surface area contributed by atoms with Gasteiger partial charge < -0.3 is 9.84 Å². The molecule has 0 aliphatic heterocycles. The minimum Gasteiger partial charge on any atom is -0.504 e. The number of hydrogen-bond acceptors (Lipinski definition) is 6. The van der Waals surface area contributed by atoms with E-state index < -0.39 is 6.03 Å². The fourth-order valence-electron chi connectivity index (χ4n) is 0.948. The van der Waals surface area contributed by atoms with Crippen molar-refractivity contribution in [2.24, 2.45) is 11.7 Å². The first-order chi connectivity index (χ1) is 8.60. The maximum absolute atomic E-state index is 10.4. The molecule has 0 aliphatic carbocycles. The van der Waals surface area contributed by atoms with Gasteiger partial charge in [0, 0.05) is 0 Å². The van der Waals surface area contributed by atoms with Gasteiger partial charge in [-0.25, -0.2) is 16.5 Å². The van der Waals surface area contributed by atoms with Crippen LogP contribution in [-0.4, -0.2) is 24.0 Å². The molecule has 1 aromatic rings. The normalized spacial score (nSPS) is 8.61. The minimum atomic E-state index is -0.602. The van der Waals surface area contributed by atoms with E-state index in [1.807, 2.05) is 6.92 Å². The number of benzene rings is 1. The molecule has 8 heteroatoms. The number of carbonyl (C=O) groups excluding carboxylic acids is 2. The van der Waals surface area contributed by atoms with E-state index in [2.05, 4.69) is 11.7 Å². The summed E-state index contributed by atoms with van der Waals surface area (Å²) in [7, 11) is 0. The van der Waals surface area contributed by atoms with Gasteiger partial charge in [0.2, 0.25) is 0 Å². The minimum absolute atomic E-state index is 0.0886. The van der Waals surface area contributed by atoms with Gasteiger partial charge in [0.05, 0.1) is 12.2 Å². The van der Waals surface area contributed by atoms with Crippen molar-refractivity contribution in [1.82, 2.24) is 10.9 Å². The van der Waals surface area contributed by atoms with Gasteiger partial charge in [-0.05, 0) is 19.1 Å². The average Bonchev–Trinajstić information content (AvgIpc) is 2.41. The molecular weight excluding hydrogens is 240 g/mol. The molecule has 0 fully saturated rings. The standard InChI is InChI=1S/C9H10O3.CH6N4O/c1-2-12-8-5-3-4-7(6-10)9(8)11;2-4-1(6)5-3/h3-6,11H,2H2,1H3;2-3H2,(H2,4,5,6). The summed E-state index contributed by atoms with van der Waals surface area (Å²) >= 11 is 0. The molecule has 0 bridgehead atoms. The number of nitrogens with two attached hydrogens (primary N) is 2. The number of nitrogens with one attached hydrogen (secondary N) is 2. The molecule has 0 radical (unpaired) electrons. The molecule has 0 aliphatic rings. The summed E-state index contributed by atoms with van der Waals surface area (Å²) in [4.78, 5) is 20.1. The van der Waals surface area contributed by atoms with Gasteiger partial charge in [-0.3, -0.25) is 15.6 Å². The Morgan fingerprint density at radius 2 is 2.06 bits per heavy atom. The van der Waals surface area contributed by atoms with Crippen molar-refractivity contribution in [2.75, 3.05) is 6.61 Å². The number of hydrazine groups is 2. The van der Waals surface area contributed by atoms with Crippen LogP contribution >= 0.6 is 0 Å². The lowest BCUT2D eigenvalue weighted by Gasteiger charge is -2.05. The summed E-state index contributed by atoms with van der Waals surface area (Å²) in [6, 6.07) is 4.21. The molecule has 0 saturated heterocycles. The molecule has 0 aromatic heterocycles. The molecule has 1 rings (SSSR count). The summed E-state index contributed by atoms with van der Waals surface area (Å²) < 4.78 is 5.07. The summed E-state index contributed by atoms with van der Waals surface area (Å²) in [5.41, 5.74) is 3.73. The number of urea groups is 1.